The summed E-state index contributed by atoms with van der Waals surface area (Å²) in [6, 6.07) is 2.78. The van der Waals surface area contributed by atoms with E-state index >= 15 is 0 Å². The van der Waals surface area contributed by atoms with E-state index < -0.39 is 47.6 Å². The molecule has 1 aromatic carbocycles. The van der Waals surface area contributed by atoms with Crippen molar-refractivity contribution in [1.29, 1.82) is 0 Å². The quantitative estimate of drug-likeness (QED) is 0.891. The van der Waals surface area contributed by atoms with E-state index in [1.165, 1.54) is 0 Å². The van der Waals surface area contributed by atoms with E-state index in [1.54, 1.807) is 0 Å². The standard InChI is InChI=1S/C14H13F2NO4/c15-6-1-2-8(7(16)5-6)17-13(18)11-9-3-4-10(21-9)12(11)14(19)20/h1-2,5,9-12H,3-4H2,(H,17,18)(H,19,20)/t9-,10-,11+,12+/m1/s1. The Morgan fingerprint density at radius 3 is 2.48 bits per heavy atom. The topological polar surface area (TPSA) is 75.6 Å². The van der Waals surface area contributed by atoms with Crippen LogP contribution in [0.3, 0.4) is 0 Å². The van der Waals surface area contributed by atoms with Crippen molar-refractivity contribution in [3.8, 4) is 0 Å². The Kier molecular flexibility index (Phi) is 3.36. The van der Waals surface area contributed by atoms with Crippen LogP contribution in [-0.4, -0.2) is 29.2 Å². The summed E-state index contributed by atoms with van der Waals surface area (Å²) >= 11 is 0. The number of ether oxygens (including phenoxy) is 1. The van der Waals surface area contributed by atoms with Gasteiger partial charge in [0.25, 0.3) is 0 Å². The average molecular weight is 297 g/mol. The predicted molar refractivity (Wildman–Crippen MR) is 67.5 cm³/mol. The van der Waals surface area contributed by atoms with Gasteiger partial charge in [0.05, 0.1) is 29.7 Å². The summed E-state index contributed by atoms with van der Waals surface area (Å²) in [7, 11) is 0. The number of hydrogen-bond acceptors (Lipinski definition) is 3. The molecule has 0 spiro atoms. The smallest absolute Gasteiger partial charge is 0.310 e. The fraction of sp³-hybridized carbons (Fsp3) is 0.429. The molecule has 2 heterocycles. The van der Waals surface area contributed by atoms with Gasteiger partial charge in [-0.05, 0) is 25.0 Å². The number of aliphatic carboxylic acids is 1. The monoisotopic (exact) mass is 297 g/mol. The van der Waals surface area contributed by atoms with Crippen LogP contribution < -0.4 is 5.32 Å². The number of carboxylic acids is 1. The number of nitrogens with one attached hydrogen (secondary N) is 1. The van der Waals surface area contributed by atoms with E-state index in [4.69, 9.17) is 4.74 Å². The Hall–Kier alpha value is -2.02. The summed E-state index contributed by atoms with van der Waals surface area (Å²) in [4.78, 5) is 23.5. The molecule has 7 heteroatoms. The van der Waals surface area contributed by atoms with Gasteiger partial charge in [0.15, 0.2) is 0 Å². The van der Waals surface area contributed by atoms with Crippen molar-refractivity contribution in [2.45, 2.75) is 25.0 Å². The highest BCUT2D eigenvalue weighted by atomic mass is 19.1. The molecule has 2 saturated heterocycles. The number of halogens is 2. The van der Waals surface area contributed by atoms with Gasteiger partial charge in [0.2, 0.25) is 5.91 Å². The lowest BCUT2D eigenvalue weighted by molar-refractivity contribution is -0.147. The summed E-state index contributed by atoms with van der Waals surface area (Å²) in [6.07, 6.45) is 0.287. The predicted octanol–water partition coefficient (Wildman–Crippen LogP) is 1.78. The third-order valence-electron chi connectivity index (χ3n) is 4.05. The van der Waals surface area contributed by atoms with Crippen LogP contribution in [0.1, 0.15) is 12.8 Å². The Morgan fingerprint density at radius 2 is 1.86 bits per heavy atom. The van der Waals surface area contributed by atoms with Gasteiger partial charge >= 0.3 is 5.97 Å². The summed E-state index contributed by atoms with van der Waals surface area (Å²) in [5.74, 6) is -5.14. The Labute approximate surface area is 118 Å². The molecule has 2 N–H and O–H groups in total. The molecule has 2 fully saturated rings. The van der Waals surface area contributed by atoms with E-state index in [0.717, 1.165) is 12.1 Å². The van der Waals surface area contributed by atoms with E-state index in [9.17, 15) is 23.5 Å². The van der Waals surface area contributed by atoms with Gasteiger partial charge in [-0.2, -0.15) is 0 Å². The van der Waals surface area contributed by atoms with Crippen LogP contribution in [0.4, 0.5) is 14.5 Å². The summed E-state index contributed by atoms with van der Waals surface area (Å²) in [5, 5.41) is 11.6. The maximum atomic E-state index is 13.5. The maximum Gasteiger partial charge on any atom is 0.310 e. The van der Waals surface area contributed by atoms with Gasteiger partial charge in [-0.1, -0.05) is 0 Å². The largest absolute Gasteiger partial charge is 0.481 e. The highest BCUT2D eigenvalue weighted by molar-refractivity contribution is 5.96. The summed E-state index contributed by atoms with van der Waals surface area (Å²) in [5.41, 5.74) is -0.173. The molecule has 0 aromatic heterocycles. The van der Waals surface area contributed by atoms with Crippen molar-refractivity contribution in [3.63, 3.8) is 0 Å². The van der Waals surface area contributed by atoms with E-state index in [2.05, 4.69) is 5.32 Å². The fourth-order valence-corrected chi connectivity index (χ4v) is 3.13. The SMILES string of the molecule is O=C(O)[C@@H]1[C@@H](C(=O)Nc2ccc(F)cc2F)[C@H]2CC[C@H]1O2. The average Bonchev–Trinajstić information content (AvgIpc) is 3.02. The van der Waals surface area contributed by atoms with Crippen LogP contribution in [-0.2, 0) is 14.3 Å². The van der Waals surface area contributed by atoms with Crippen LogP contribution in [0.2, 0.25) is 0 Å². The normalized spacial score (nSPS) is 30.4. The molecule has 0 radical (unpaired) electrons. The van der Waals surface area contributed by atoms with E-state index in [-0.39, 0.29) is 5.69 Å². The second kappa shape index (κ2) is 5.07. The first kappa shape index (κ1) is 13.9. The van der Waals surface area contributed by atoms with E-state index in [0.29, 0.717) is 18.9 Å². The first-order valence-electron chi connectivity index (χ1n) is 6.61. The molecule has 1 amide bonds. The number of carbonyl (C=O) groups is 2. The number of fused-ring (bicyclic) bond motifs is 2. The van der Waals surface area contributed by atoms with Crippen molar-refractivity contribution in [1.82, 2.24) is 0 Å². The molecule has 3 rings (SSSR count). The van der Waals surface area contributed by atoms with Gasteiger partial charge in [-0.25, -0.2) is 8.78 Å². The van der Waals surface area contributed by atoms with Gasteiger partial charge in [0.1, 0.15) is 11.6 Å². The summed E-state index contributed by atoms with van der Waals surface area (Å²) in [6.45, 7) is 0. The number of hydrogen-bond donors (Lipinski definition) is 2. The lowest BCUT2D eigenvalue weighted by atomic mass is 9.78. The van der Waals surface area contributed by atoms with Crippen LogP contribution >= 0.6 is 0 Å². The zero-order valence-electron chi connectivity index (χ0n) is 10.9. The first-order chi connectivity index (χ1) is 9.97. The number of anilines is 1. The molecular weight excluding hydrogens is 284 g/mol. The van der Waals surface area contributed by atoms with Crippen LogP contribution in [0.5, 0.6) is 0 Å². The number of rotatable bonds is 3. The molecule has 0 unspecified atom stereocenters. The highest BCUT2D eigenvalue weighted by Crippen LogP contribution is 2.44. The molecule has 1 aromatic rings. The van der Waals surface area contributed by atoms with Gasteiger partial charge in [-0.15, -0.1) is 0 Å². The lowest BCUT2D eigenvalue weighted by Gasteiger charge is -2.23. The van der Waals surface area contributed by atoms with Crippen LogP contribution in [0.15, 0.2) is 18.2 Å². The second-order valence-electron chi connectivity index (χ2n) is 5.29. The molecule has 2 bridgehead atoms. The minimum Gasteiger partial charge on any atom is -0.481 e. The molecule has 0 saturated carbocycles. The first-order valence-corrected chi connectivity index (χ1v) is 6.61. The van der Waals surface area contributed by atoms with Crippen molar-refractivity contribution >= 4 is 17.6 Å². The number of carboxylic acid groups (broad SMARTS) is 1. The molecule has 4 atom stereocenters. The Morgan fingerprint density at radius 1 is 1.19 bits per heavy atom. The van der Waals surface area contributed by atoms with Gasteiger partial charge < -0.3 is 15.2 Å². The van der Waals surface area contributed by atoms with Gasteiger partial charge in [0, 0.05) is 6.07 Å². The molecule has 112 valence electrons. The molecular formula is C14H13F2NO4. The zero-order chi connectivity index (χ0) is 15.1. The fourth-order valence-electron chi connectivity index (χ4n) is 3.13. The minimum absolute atomic E-state index is 0.173. The van der Waals surface area contributed by atoms with Crippen molar-refractivity contribution in [3.05, 3.63) is 29.8 Å². The molecule has 21 heavy (non-hydrogen) atoms. The minimum atomic E-state index is -1.10. The highest BCUT2D eigenvalue weighted by Gasteiger charge is 2.55. The number of benzene rings is 1. The second-order valence-corrected chi connectivity index (χ2v) is 5.29. The zero-order valence-corrected chi connectivity index (χ0v) is 10.9. The molecule has 5 nitrogen and oxygen atoms in total. The van der Waals surface area contributed by atoms with Crippen LogP contribution in [0, 0.1) is 23.5 Å². The van der Waals surface area contributed by atoms with E-state index in [1.807, 2.05) is 0 Å². The van der Waals surface area contributed by atoms with Crippen molar-refractivity contribution < 1.29 is 28.2 Å². The van der Waals surface area contributed by atoms with Crippen molar-refractivity contribution in [2.75, 3.05) is 5.32 Å². The maximum absolute atomic E-state index is 13.5. The number of carbonyl (C=O) groups excluding carboxylic acids is 1. The molecule has 0 aliphatic carbocycles. The molecule has 2 aliphatic rings. The summed E-state index contributed by atoms with van der Waals surface area (Å²) < 4.78 is 31.8. The number of amides is 1. The van der Waals surface area contributed by atoms with Crippen LogP contribution in [0.25, 0.3) is 0 Å². The van der Waals surface area contributed by atoms with Gasteiger partial charge in [-0.3, -0.25) is 9.59 Å². The Balaban J connectivity index is 1.80. The third kappa shape index (κ3) is 2.37. The third-order valence-corrected chi connectivity index (χ3v) is 4.05. The lowest BCUT2D eigenvalue weighted by Crippen LogP contribution is -2.41. The molecule has 2 aliphatic heterocycles. The van der Waals surface area contributed by atoms with Crippen molar-refractivity contribution in [2.24, 2.45) is 11.8 Å². The Bertz CT molecular complexity index is 607.